The standard InChI is InChI=1S/C18H18F3NO2/c1-12-7-3-4-8-13(12)16(24-2)11-22-17(23)14-9-5-6-10-15(14)18(19,20)21/h3-10,16H,11H2,1-2H3,(H,22,23)/t16-/m0/s1. The second kappa shape index (κ2) is 7.49. The molecule has 0 aliphatic rings. The number of alkyl halides is 3. The van der Waals surface area contributed by atoms with Gasteiger partial charge in [-0.05, 0) is 30.2 Å². The topological polar surface area (TPSA) is 38.3 Å². The van der Waals surface area contributed by atoms with Crippen LogP contribution in [0.1, 0.15) is 33.2 Å². The van der Waals surface area contributed by atoms with Crippen molar-refractivity contribution in [1.82, 2.24) is 5.32 Å². The molecule has 0 aromatic heterocycles. The van der Waals surface area contributed by atoms with Crippen LogP contribution in [0.3, 0.4) is 0 Å². The summed E-state index contributed by atoms with van der Waals surface area (Å²) in [5.74, 6) is -0.779. The Hall–Kier alpha value is -2.34. The average molecular weight is 337 g/mol. The molecule has 0 saturated carbocycles. The zero-order chi connectivity index (χ0) is 17.7. The lowest BCUT2D eigenvalue weighted by molar-refractivity contribution is -0.137. The van der Waals surface area contributed by atoms with Gasteiger partial charge in [0.15, 0.2) is 0 Å². The lowest BCUT2D eigenvalue weighted by Gasteiger charge is -2.19. The number of carbonyl (C=O) groups excluding carboxylic acids is 1. The molecule has 0 saturated heterocycles. The van der Waals surface area contributed by atoms with E-state index in [1.165, 1.54) is 19.2 Å². The van der Waals surface area contributed by atoms with Crippen LogP contribution in [0, 0.1) is 6.92 Å². The third-order valence-electron chi connectivity index (χ3n) is 3.74. The predicted molar refractivity (Wildman–Crippen MR) is 84.7 cm³/mol. The normalized spacial score (nSPS) is 12.7. The fraction of sp³-hybridized carbons (Fsp3) is 0.278. The fourth-order valence-electron chi connectivity index (χ4n) is 2.48. The van der Waals surface area contributed by atoms with Gasteiger partial charge in [-0.3, -0.25) is 4.79 Å². The number of nitrogens with one attached hydrogen (secondary N) is 1. The SMILES string of the molecule is CO[C@@H](CNC(=O)c1ccccc1C(F)(F)F)c1ccccc1C. The van der Waals surface area contributed by atoms with Crippen molar-refractivity contribution in [3.63, 3.8) is 0 Å². The van der Waals surface area contributed by atoms with Gasteiger partial charge in [0.1, 0.15) is 0 Å². The molecule has 1 N–H and O–H groups in total. The first-order valence-corrected chi connectivity index (χ1v) is 7.37. The van der Waals surface area contributed by atoms with E-state index >= 15 is 0 Å². The summed E-state index contributed by atoms with van der Waals surface area (Å²) < 4.78 is 44.3. The molecule has 2 rings (SSSR count). The highest BCUT2D eigenvalue weighted by molar-refractivity contribution is 5.95. The molecular weight excluding hydrogens is 319 g/mol. The van der Waals surface area contributed by atoms with Crippen LogP contribution in [-0.2, 0) is 10.9 Å². The summed E-state index contributed by atoms with van der Waals surface area (Å²) in [4.78, 5) is 12.2. The lowest BCUT2D eigenvalue weighted by atomic mass is 10.0. The number of methoxy groups -OCH3 is 1. The molecule has 24 heavy (non-hydrogen) atoms. The van der Waals surface area contributed by atoms with Crippen molar-refractivity contribution >= 4 is 5.91 Å². The van der Waals surface area contributed by atoms with Crippen molar-refractivity contribution in [2.75, 3.05) is 13.7 Å². The molecule has 0 unspecified atom stereocenters. The first-order valence-electron chi connectivity index (χ1n) is 7.37. The van der Waals surface area contributed by atoms with Crippen molar-refractivity contribution in [2.45, 2.75) is 19.2 Å². The van der Waals surface area contributed by atoms with E-state index in [1.807, 2.05) is 31.2 Å². The van der Waals surface area contributed by atoms with Crippen LogP contribution < -0.4 is 5.32 Å². The monoisotopic (exact) mass is 337 g/mol. The number of hydrogen-bond acceptors (Lipinski definition) is 2. The number of amides is 1. The molecule has 0 bridgehead atoms. The second-order valence-corrected chi connectivity index (χ2v) is 5.33. The van der Waals surface area contributed by atoms with Crippen LogP contribution in [-0.4, -0.2) is 19.6 Å². The number of halogens is 3. The molecule has 0 aliphatic heterocycles. The summed E-state index contributed by atoms with van der Waals surface area (Å²) in [6.07, 6.45) is -5.02. The molecule has 0 aliphatic carbocycles. The van der Waals surface area contributed by atoms with Crippen LogP contribution in [0.4, 0.5) is 13.2 Å². The molecule has 1 atom stereocenters. The lowest BCUT2D eigenvalue weighted by Crippen LogP contribution is -2.31. The van der Waals surface area contributed by atoms with Crippen molar-refractivity contribution in [1.29, 1.82) is 0 Å². The van der Waals surface area contributed by atoms with Crippen molar-refractivity contribution in [2.24, 2.45) is 0 Å². The summed E-state index contributed by atoms with van der Waals surface area (Å²) in [5.41, 5.74) is 0.510. The van der Waals surface area contributed by atoms with Gasteiger partial charge in [-0.1, -0.05) is 36.4 Å². The Morgan fingerprint density at radius 2 is 1.75 bits per heavy atom. The van der Waals surface area contributed by atoms with E-state index in [0.29, 0.717) is 0 Å². The third-order valence-corrected chi connectivity index (χ3v) is 3.74. The molecule has 3 nitrogen and oxygen atoms in total. The van der Waals surface area contributed by atoms with Gasteiger partial charge in [-0.2, -0.15) is 13.2 Å². The Labute approximate surface area is 138 Å². The molecular formula is C18H18F3NO2. The Bertz CT molecular complexity index is 713. The van der Waals surface area contributed by atoms with E-state index in [9.17, 15) is 18.0 Å². The summed E-state index contributed by atoms with van der Waals surface area (Å²) >= 11 is 0. The van der Waals surface area contributed by atoms with Crippen LogP contribution in [0.5, 0.6) is 0 Å². The van der Waals surface area contributed by atoms with Gasteiger partial charge in [0.2, 0.25) is 0 Å². The Morgan fingerprint density at radius 3 is 2.38 bits per heavy atom. The molecule has 2 aromatic rings. The first kappa shape index (κ1) is 18.0. The van der Waals surface area contributed by atoms with E-state index in [1.54, 1.807) is 0 Å². The van der Waals surface area contributed by atoms with Crippen molar-refractivity contribution in [3.05, 3.63) is 70.8 Å². The quantitative estimate of drug-likeness (QED) is 0.891. The molecule has 0 radical (unpaired) electrons. The fourth-order valence-corrected chi connectivity index (χ4v) is 2.48. The third kappa shape index (κ3) is 4.14. The molecule has 128 valence electrons. The van der Waals surface area contributed by atoms with Crippen LogP contribution in [0.2, 0.25) is 0 Å². The highest BCUT2D eigenvalue weighted by Gasteiger charge is 2.34. The second-order valence-electron chi connectivity index (χ2n) is 5.33. The molecule has 2 aromatic carbocycles. The van der Waals surface area contributed by atoms with Gasteiger partial charge in [0.05, 0.1) is 17.2 Å². The highest BCUT2D eigenvalue weighted by Crippen LogP contribution is 2.31. The summed E-state index contributed by atoms with van der Waals surface area (Å²) in [6.45, 7) is 1.98. The molecule has 1 amide bonds. The van der Waals surface area contributed by atoms with E-state index in [4.69, 9.17) is 4.74 Å². The number of aryl methyl sites for hydroxylation is 1. The van der Waals surface area contributed by atoms with Gasteiger partial charge < -0.3 is 10.1 Å². The summed E-state index contributed by atoms with van der Waals surface area (Å²) in [5, 5.41) is 2.52. The van der Waals surface area contributed by atoms with Gasteiger partial charge in [0, 0.05) is 13.7 Å². The highest BCUT2D eigenvalue weighted by atomic mass is 19.4. The molecule has 0 spiro atoms. The van der Waals surface area contributed by atoms with Crippen LogP contribution in [0.15, 0.2) is 48.5 Å². The number of carbonyl (C=O) groups is 1. The molecule has 0 fully saturated rings. The molecule has 6 heteroatoms. The largest absolute Gasteiger partial charge is 0.417 e. The van der Waals surface area contributed by atoms with Crippen molar-refractivity contribution in [3.8, 4) is 0 Å². The maximum absolute atomic E-state index is 13.0. The minimum absolute atomic E-state index is 0.0758. The van der Waals surface area contributed by atoms with Gasteiger partial charge in [-0.15, -0.1) is 0 Å². The maximum Gasteiger partial charge on any atom is 0.417 e. The predicted octanol–water partition coefficient (Wildman–Crippen LogP) is 4.13. The number of hydrogen-bond donors (Lipinski definition) is 1. The van der Waals surface area contributed by atoms with Crippen LogP contribution >= 0.6 is 0 Å². The van der Waals surface area contributed by atoms with E-state index < -0.39 is 29.3 Å². The smallest absolute Gasteiger partial charge is 0.375 e. The number of benzene rings is 2. The van der Waals surface area contributed by atoms with E-state index in [0.717, 1.165) is 23.3 Å². The van der Waals surface area contributed by atoms with Crippen molar-refractivity contribution < 1.29 is 22.7 Å². The van der Waals surface area contributed by atoms with Gasteiger partial charge >= 0.3 is 6.18 Å². The minimum Gasteiger partial charge on any atom is -0.375 e. The van der Waals surface area contributed by atoms with E-state index in [-0.39, 0.29) is 6.54 Å². The average Bonchev–Trinajstić information content (AvgIpc) is 2.56. The van der Waals surface area contributed by atoms with E-state index in [2.05, 4.69) is 5.32 Å². The Morgan fingerprint density at radius 1 is 1.12 bits per heavy atom. The number of rotatable bonds is 5. The van der Waals surface area contributed by atoms with Gasteiger partial charge in [0.25, 0.3) is 5.91 Å². The summed E-state index contributed by atoms with van der Waals surface area (Å²) in [6, 6.07) is 12.2. The Balaban J connectivity index is 2.15. The van der Waals surface area contributed by atoms with Crippen LogP contribution in [0.25, 0.3) is 0 Å². The molecule has 0 heterocycles. The first-order chi connectivity index (χ1) is 11.3. The minimum atomic E-state index is -4.58. The number of ether oxygens (including phenoxy) is 1. The van der Waals surface area contributed by atoms with Gasteiger partial charge in [-0.25, -0.2) is 0 Å². The maximum atomic E-state index is 13.0. The Kier molecular flexibility index (Phi) is 5.62. The summed E-state index contributed by atoms with van der Waals surface area (Å²) in [7, 11) is 1.49. The zero-order valence-corrected chi connectivity index (χ0v) is 13.4. The zero-order valence-electron chi connectivity index (χ0n) is 13.4.